The summed E-state index contributed by atoms with van der Waals surface area (Å²) in [4.78, 5) is 0. The van der Waals surface area contributed by atoms with Crippen LogP contribution in [0.4, 0.5) is 13.2 Å². The van der Waals surface area contributed by atoms with Crippen molar-refractivity contribution < 1.29 is 13.2 Å². The molecule has 0 aromatic heterocycles. The first-order valence-electron chi connectivity index (χ1n) is 7.93. The third kappa shape index (κ3) is 3.35. The second-order valence-corrected chi connectivity index (χ2v) is 5.77. The van der Waals surface area contributed by atoms with Crippen molar-refractivity contribution in [3.8, 4) is 22.3 Å². The Balaban J connectivity index is 1.99. The lowest BCUT2D eigenvalue weighted by Crippen LogP contribution is -1.93. The fourth-order valence-electron chi connectivity index (χ4n) is 2.78. The van der Waals surface area contributed by atoms with E-state index in [2.05, 4.69) is 6.92 Å². The monoisotopic (exact) mass is 326 g/mol. The summed E-state index contributed by atoms with van der Waals surface area (Å²) in [6.07, 6.45) is 2.03. The average Bonchev–Trinajstić information content (AvgIpc) is 2.57. The molecule has 0 radical (unpaired) electrons. The van der Waals surface area contributed by atoms with E-state index in [0.717, 1.165) is 18.4 Å². The number of hydrogen-bond donors (Lipinski definition) is 0. The molecule has 3 rings (SSSR count). The van der Waals surface area contributed by atoms with Crippen LogP contribution in [0.3, 0.4) is 0 Å². The fraction of sp³-hybridized carbons (Fsp3) is 0.143. The number of hydrogen-bond acceptors (Lipinski definition) is 0. The number of benzene rings is 3. The maximum Gasteiger partial charge on any atom is 0.134 e. The van der Waals surface area contributed by atoms with Crippen molar-refractivity contribution in [1.82, 2.24) is 0 Å². The number of rotatable bonds is 4. The molecule has 122 valence electrons. The molecular weight excluding hydrogens is 309 g/mol. The highest BCUT2D eigenvalue weighted by Gasteiger charge is 2.14. The summed E-state index contributed by atoms with van der Waals surface area (Å²) in [5, 5.41) is 0. The predicted octanol–water partition coefficient (Wildman–Crippen LogP) is 6.39. The van der Waals surface area contributed by atoms with Gasteiger partial charge in [-0.2, -0.15) is 0 Å². The van der Waals surface area contributed by atoms with Crippen LogP contribution in [0.2, 0.25) is 0 Å². The van der Waals surface area contributed by atoms with Gasteiger partial charge < -0.3 is 0 Å². The summed E-state index contributed by atoms with van der Waals surface area (Å²) in [7, 11) is 0. The number of aryl methyl sites for hydroxylation is 1. The topological polar surface area (TPSA) is 0 Å². The Morgan fingerprint density at radius 3 is 1.75 bits per heavy atom. The molecule has 0 heterocycles. The van der Waals surface area contributed by atoms with Crippen molar-refractivity contribution in [2.45, 2.75) is 19.8 Å². The summed E-state index contributed by atoms with van der Waals surface area (Å²) in [5.41, 5.74) is 2.62. The van der Waals surface area contributed by atoms with Crippen LogP contribution in [-0.2, 0) is 6.42 Å². The molecule has 3 aromatic carbocycles. The summed E-state index contributed by atoms with van der Waals surface area (Å²) in [6.45, 7) is 2.10. The molecule has 0 fully saturated rings. The highest BCUT2D eigenvalue weighted by Crippen LogP contribution is 2.31. The SMILES string of the molecule is CCCc1ccc(-c2cc(F)c(-c3ccc(F)cc3)c(F)c2)cc1. The normalized spacial score (nSPS) is 10.8. The maximum atomic E-state index is 14.4. The molecule has 3 aromatic rings. The predicted molar refractivity (Wildman–Crippen MR) is 91.2 cm³/mol. The van der Waals surface area contributed by atoms with E-state index in [0.29, 0.717) is 11.1 Å². The van der Waals surface area contributed by atoms with Gasteiger partial charge in [0, 0.05) is 0 Å². The molecule has 0 unspecified atom stereocenters. The van der Waals surface area contributed by atoms with Gasteiger partial charge in [0.05, 0.1) is 5.56 Å². The first-order chi connectivity index (χ1) is 11.6. The van der Waals surface area contributed by atoms with Gasteiger partial charge in [0.15, 0.2) is 0 Å². The first kappa shape index (κ1) is 16.3. The molecule has 0 atom stereocenters. The van der Waals surface area contributed by atoms with Crippen LogP contribution >= 0.6 is 0 Å². The highest BCUT2D eigenvalue weighted by molar-refractivity contribution is 5.71. The van der Waals surface area contributed by atoms with E-state index in [-0.39, 0.29) is 5.56 Å². The molecule has 0 aliphatic carbocycles. The Hall–Kier alpha value is -2.55. The van der Waals surface area contributed by atoms with Crippen LogP contribution in [-0.4, -0.2) is 0 Å². The lowest BCUT2D eigenvalue weighted by Gasteiger charge is -2.09. The van der Waals surface area contributed by atoms with Gasteiger partial charge in [0.2, 0.25) is 0 Å². The quantitative estimate of drug-likeness (QED) is 0.521. The zero-order chi connectivity index (χ0) is 17.1. The highest BCUT2D eigenvalue weighted by atomic mass is 19.1. The minimum absolute atomic E-state index is 0.138. The molecule has 0 amide bonds. The largest absolute Gasteiger partial charge is 0.207 e. The molecular formula is C21H17F3. The van der Waals surface area contributed by atoms with Crippen molar-refractivity contribution in [1.29, 1.82) is 0 Å². The van der Waals surface area contributed by atoms with Gasteiger partial charge in [-0.05, 0) is 52.9 Å². The first-order valence-corrected chi connectivity index (χ1v) is 7.93. The van der Waals surface area contributed by atoms with Gasteiger partial charge >= 0.3 is 0 Å². The standard InChI is InChI=1S/C21H17F3/c1-2-3-14-4-6-15(7-5-14)17-12-19(23)21(20(24)13-17)16-8-10-18(22)11-9-16/h4-13H,2-3H2,1H3. The van der Waals surface area contributed by atoms with E-state index in [9.17, 15) is 13.2 Å². The van der Waals surface area contributed by atoms with Crippen molar-refractivity contribution in [2.24, 2.45) is 0 Å². The third-order valence-electron chi connectivity index (χ3n) is 4.00. The van der Waals surface area contributed by atoms with E-state index >= 15 is 0 Å². The van der Waals surface area contributed by atoms with Crippen molar-refractivity contribution in [3.63, 3.8) is 0 Å². The molecule has 0 aliphatic rings. The zero-order valence-corrected chi connectivity index (χ0v) is 13.3. The summed E-state index contributed by atoms with van der Waals surface area (Å²) in [5.74, 6) is -1.76. The Morgan fingerprint density at radius 2 is 1.21 bits per heavy atom. The van der Waals surface area contributed by atoms with Crippen LogP contribution in [0, 0.1) is 17.5 Å². The van der Waals surface area contributed by atoms with Gasteiger partial charge in [0.25, 0.3) is 0 Å². The van der Waals surface area contributed by atoms with Gasteiger partial charge in [-0.25, -0.2) is 13.2 Å². The Morgan fingerprint density at radius 1 is 0.667 bits per heavy atom. The zero-order valence-electron chi connectivity index (χ0n) is 13.3. The van der Waals surface area contributed by atoms with Gasteiger partial charge in [-0.15, -0.1) is 0 Å². The number of halogens is 3. The molecule has 0 N–H and O–H groups in total. The van der Waals surface area contributed by atoms with Gasteiger partial charge in [-0.3, -0.25) is 0 Å². The summed E-state index contributed by atoms with van der Waals surface area (Å²) < 4.78 is 41.9. The maximum absolute atomic E-state index is 14.4. The second kappa shape index (κ2) is 6.91. The van der Waals surface area contributed by atoms with Crippen LogP contribution in [0.1, 0.15) is 18.9 Å². The van der Waals surface area contributed by atoms with Crippen LogP contribution in [0.25, 0.3) is 22.3 Å². The fourth-order valence-corrected chi connectivity index (χ4v) is 2.78. The van der Waals surface area contributed by atoms with E-state index in [4.69, 9.17) is 0 Å². The van der Waals surface area contributed by atoms with Crippen molar-refractivity contribution in [3.05, 3.63) is 83.7 Å². The summed E-state index contributed by atoms with van der Waals surface area (Å²) in [6, 6.07) is 15.4. The summed E-state index contributed by atoms with van der Waals surface area (Å²) >= 11 is 0. The molecule has 0 spiro atoms. The van der Waals surface area contributed by atoms with Crippen molar-refractivity contribution >= 4 is 0 Å². The minimum atomic E-state index is -0.658. The molecule has 0 saturated carbocycles. The van der Waals surface area contributed by atoms with Gasteiger partial charge in [0.1, 0.15) is 17.5 Å². The molecule has 0 nitrogen and oxygen atoms in total. The minimum Gasteiger partial charge on any atom is -0.207 e. The Bertz CT molecular complexity index is 811. The molecule has 3 heteroatoms. The Kier molecular flexibility index (Phi) is 4.70. The molecule has 0 bridgehead atoms. The van der Waals surface area contributed by atoms with Crippen LogP contribution in [0.5, 0.6) is 0 Å². The lowest BCUT2D eigenvalue weighted by atomic mass is 9.98. The Labute approximate surface area is 139 Å². The molecule has 24 heavy (non-hydrogen) atoms. The average molecular weight is 326 g/mol. The second-order valence-electron chi connectivity index (χ2n) is 5.77. The van der Waals surface area contributed by atoms with Crippen LogP contribution < -0.4 is 0 Å². The molecule has 0 saturated heterocycles. The molecule has 0 aliphatic heterocycles. The van der Waals surface area contributed by atoms with Crippen molar-refractivity contribution in [2.75, 3.05) is 0 Å². The van der Waals surface area contributed by atoms with E-state index in [1.54, 1.807) is 0 Å². The lowest BCUT2D eigenvalue weighted by molar-refractivity contribution is 0.590. The van der Waals surface area contributed by atoms with Crippen LogP contribution in [0.15, 0.2) is 60.7 Å². The van der Waals surface area contributed by atoms with E-state index in [1.165, 1.54) is 42.0 Å². The van der Waals surface area contributed by atoms with Gasteiger partial charge in [-0.1, -0.05) is 49.7 Å². The third-order valence-corrected chi connectivity index (χ3v) is 4.00. The van der Waals surface area contributed by atoms with E-state index < -0.39 is 17.5 Å². The smallest absolute Gasteiger partial charge is 0.134 e. The van der Waals surface area contributed by atoms with E-state index in [1.807, 2.05) is 24.3 Å².